The molecule has 0 aliphatic heterocycles. The summed E-state index contributed by atoms with van der Waals surface area (Å²) in [5.74, 6) is -0.847. The molecule has 184 valence electrons. The number of rotatable bonds is 10. The second-order valence-electron chi connectivity index (χ2n) is 8.61. The van der Waals surface area contributed by atoms with Crippen molar-refractivity contribution in [3.8, 4) is 0 Å². The predicted octanol–water partition coefficient (Wildman–Crippen LogP) is 6.11. The molecule has 3 rings (SSSR count). The molecule has 0 bridgehead atoms. The highest BCUT2D eigenvalue weighted by Gasteiger charge is 2.30. The van der Waals surface area contributed by atoms with Gasteiger partial charge in [0.15, 0.2) is 0 Å². The molecule has 2 amide bonds. The Hall–Kier alpha value is -2.12. The molecule has 1 aliphatic rings. The first-order valence-corrected chi connectivity index (χ1v) is 13.3. The minimum Gasteiger partial charge on any atom is -0.352 e. The van der Waals surface area contributed by atoms with Gasteiger partial charge in [0.2, 0.25) is 11.8 Å². The summed E-state index contributed by atoms with van der Waals surface area (Å²) in [5.41, 5.74) is 1.09. The molecule has 8 heteroatoms. The molecule has 0 aromatic heterocycles. The van der Waals surface area contributed by atoms with Gasteiger partial charge in [-0.3, -0.25) is 9.59 Å². The van der Waals surface area contributed by atoms with Crippen LogP contribution in [-0.4, -0.2) is 34.6 Å². The maximum atomic E-state index is 14.1. The Morgan fingerprint density at radius 2 is 1.82 bits per heavy atom. The Bertz CT molecular complexity index is 948. The number of hydrogen-bond donors (Lipinski definition) is 1. The van der Waals surface area contributed by atoms with Crippen molar-refractivity contribution in [2.24, 2.45) is 0 Å². The fourth-order valence-electron chi connectivity index (χ4n) is 4.24. The van der Waals surface area contributed by atoms with Crippen LogP contribution in [0.3, 0.4) is 0 Å². The molecule has 4 nitrogen and oxygen atoms in total. The van der Waals surface area contributed by atoms with Crippen molar-refractivity contribution >= 4 is 35.2 Å². The SMILES string of the molecule is CC[C@@H](C(=O)NC1CCCCC1)N(Cc1ccc(F)cc1)C(=O)CSCc1c(F)cccc1Cl. The summed E-state index contributed by atoms with van der Waals surface area (Å²) in [7, 11) is 0. The molecule has 1 N–H and O–H groups in total. The van der Waals surface area contributed by atoms with Crippen molar-refractivity contribution in [3.63, 3.8) is 0 Å². The molecule has 0 radical (unpaired) electrons. The molecule has 1 atom stereocenters. The minimum absolute atomic E-state index is 0.0685. The van der Waals surface area contributed by atoms with Gasteiger partial charge in [0.05, 0.1) is 5.75 Å². The standard InChI is InChI=1S/C26H31ClF2N2O2S/c1-2-24(26(33)30-20-7-4-3-5-8-20)31(15-18-11-13-19(28)14-12-18)25(32)17-34-16-21-22(27)9-6-10-23(21)29/h6,9-14,20,24H,2-5,7-8,15-17H2,1H3,(H,30,33)/t24-/m0/s1. The first kappa shape index (κ1) is 26.5. The van der Waals surface area contributed by atoms with E-state index < -0.39 is 11.9 Å². The van der Waals surface area contributed by atoms with Crippen LogP contribution in [0, 0.1) is 11.6 Å². The van der Waals surface area contributed by atoms with E-state index >= 15 is 0 Å². The molecule has 0 spiro atoms. The molecule has 34 heavy (non-hydrogen) atoms. The van der Waals surface area contributed by atoms with Crippen LogP contribution in [0.15, 0.2) is 42.5 Å². The Morgan fingerprint density at radius 3 is 2.47 bits per heavy atom. The van der Waals surface area contributed by atoms with Crippen molar-refractivity contribution in [2.45, 2.75) is 69.8 Å². The Labute approximate surface area is 209 Å². The first-order valence-electron chi connectivity index (χ1n) is 11.7. The molecule has 2 aromatic carbocycles. The molecule has 1 fully saturated rings. The van der Waals surface area contributed by atoms with Gasteiger partial charge in [-0.05, 0) is 49.1 Å². The summed E-state index contributed by atoms with van der Waals surface area (Å²) in [4.78, 5) is 28.0. The van der Waals surface area contributed by atoms with E-state index in [0.717, 1.165) is 31.2 Å². The average Bonchev–Trinajstić information content (AvgIpc) is 2.82. The average molecular weight is 509 g/mol. The fourth-order valence-corrected chi connectivity index (χ4v) is 5.49. The van der Waals surface area contributed by atoms with Gasteiger partial charge < -0.3 is 10.2 Å². The van der Waals surface area contributed by atoms with Crippen LogP contribution in [0.25, 0.3) is 0 Å². The summed E-state index contributed by atoms with van der Waals surface area (Å²) in [6, 6.07) is 9.91. The van der Waals surface area contributed by atoms with E-state index in [2.05, 4.69) is 5.32 Å². The lowest BCUT2D eigenvalue weighted by Crippen LogP contribution is -2.52. The number of nitrogens with one attached hydrogen (secondary N) is 1. The Kier molecular flexibility index (Phi) is 10.2. The lowest BCUT2D eigenvalue weighted by atomic mass is 9.95. The van der Waals surface area contributed by atoms with Crippen LogP contribution in [0.5, 0.6) is 0 Å². The maximum Gasteiger partial charge on any atom is 0.243 e. The summed E-state index contributed by atoms with van der Waals surface area (Å²) >= 11 is 7.35. The second kappa shape index (κ2) is 13.1. The van der Waals surface area contributed by atoms with Gasteiger partial charge in [-0.1, -0.05) is 56.0 Å². The number of carbonyl (C=O) groups excluding carboxylic acids is 2. The van der Waals surface area contributed by atoms with Gasteiger partial charge in [0.1, 0.15) is 17.7 Å². The number of halogens is 3. The number of carbonyl (C=O) groups is 2. The largest absolute Gasteiger partial charge is 0.352 e. The zero-order valence-electron chi connectivity index (χ0n) is 19.4. The van der Waals surface area contributed by atoms with E-state index in [-0.39, 0.29) is 41.7 Å². The molecule has 1 saturated carbocycles. The Balaban J connectivity index is 1.72. The molecule has 0 unspecified atom stereocenters. The van der Waals surface area contributed by atoms with Crippen LogP contribution in [-0.2, 0) is 21.9 Å². The van der Waals surface area contributed by atoms with Crippen LogP contribution in [0.4, 0.5) is 8.78 Å². The summed E-state index contributed by atoms with van der Waals surface area (Å²) < 4.78 is 27.5. The van der Waals surface area contributed by atoms with Crippen molar-refractivity contribution in [1.29, 1.82) is 0 Å². The topological polar surface area (TPSA) is 49.4 Å². The van der Waals surface area contributed by atoms with Crippen LogP contribution in [0.2, 0.25) is 5.02 Å². The van der Waals surface area contributed by atoms with E-state index in [1.54, 1.807) is 23.1 Å². The second-order valence-corrected chi connectivity index (χ2v) is 10.0. The lowest BCUT2D eigenvalue weighted by Gasteiger charge is -2.32. The Morgan fingerprint density at radius 1 is 1.12 bits per heavy atom. The molecule has 1 aliphatic carbocycles. The molecule has 0 heterocycles. The maximum absolute atomic E-state index is 14.1. The van der Waals surface area contributed by atoms with E-state index in [0.29, 0.717) is 17.0 Å². The monoisotopic (exact) mass is 508 g/mol. The van der Waals surface area contributed by atoms with Crippen LogP contribution >= 0.6 is 23.4 Å². The molecular weight excluding hydrogens is 478 g/mol. The summed E-state index contributed by atoms with van der Waals surface area (Å²) in [5, 5.41) is 3.45. The smallest absolute Gasteiger partial charge is 0.243 e. The van der Waals surface area contributed by atoms with E-state index in [9.17, 15) is 18.4 Å². The van der Waals surface area contributed by atoms with Crippen molar-refractivity contribution in [2.75, 3.05) is 5.75 Å². The highest BCUT2D eigenvalue weighted by atomic mass is 35.5. The predicted molar refractivity (Wildman–Crippen MR) is 134 cm³/mol. The summed E-state index contributed by atoms with van der Waals surface area (Å²) in [6.45, 7) is 2.07. The van der Waals surface area contributed by atoms with E-state index in [1.165, 1.54) is 42.4 Å². The molecule has 2 aromatic rings. The number of amides is 2. The summed E-state index contributed by atoms with van der Waals surface area (Å²) in [6.07, 6.45) is 5.72. The quantitative estimate of drug-likeness (QED) is 0.421. The van der Waals surface area contributed by atoms with Crippen molar-refractivity contribution < 1.29 is 18.4 Å². The van der Waals surface area contributed by atoms with Gasteiger partial charge in [0.25, 0.3) is 0 Å². The van der Waals surface area contributed by atoms with E-state index in [4.69, 9.17) is 11.6 Å². The molecular formula is C26H31ClF2N2O2S. The van der Waals surface area contributed by atoms with Crippen LogP contribution < -0.4 is 5.32 Å². The third-order valence-corrected chi connectivity index (χ3v) is 7.44. The van der Waals surface area contributed by atoms with Crippen molar-refractivity contribution in [1.82, 2.24) is 10.2 Å². The number of benzene rings is 2. The zero-order chi connectivity index (χ0) is 24.5. The van der Waals surface area contributed by atoms with Gasteiger partial charge in [-0.15, -0.1) is 11.8 Å². The first-order chi connectivity index (χ1) is 16.4. The van der Waals surface area contributed by atoms with Gasteiger partial charge >= 0.3 is 0 Å². The zero-order valence-corrected chi connectivity index (χ0v) is 20.9. The van der Waals surface area contributed by atoms with Gasteiger partial charge in [-0.25, -0.2) is 8.78 Å². The lowest BCUT2D eigenvalue weighted by molar-refractivity contribution is -0.139. The highest BCUT2D eigenvalue weighted by molar-refractivity contribution is 7.99. The third kappa shape index (κ3) is 7.44. The van der Waals surface area contributed by atoms with E-state index in [1.807, 2.05) is 6.92 Å². The number of nitrogens with zero attached hydrogens (tertiary/aromatic N) is 1. The van der Waals surface area contributed by atoms with Crippen LogP contribution in [0.1, 0.15) is 56.6 Å². The van der Waals surface area contributed by atoms with Gasteiger partial charge in [0, 0.05) is 28.9 Å². The number of thioether (sulfide) groups is 1. The fraction of sp³-hybridized carbons (Fsp3) is 0.462. The van der Waals surface area contributed by atoms with Crippen molar-refractivity contribution in [3.05, 3.63) is 70.2 Å². The van der Waals surface area contributed by atoms with Gasteiger partial charge in [-0.2, -0.15) is 0 Å². The minimum atomic E-state index is -0.642. The third-order valence-electron chi connectivity index (χ3n) is 6.14. The highest BCUT2D eigenvalue weighted by Crippen LogP contribution is 2.25. The molecule has 0 saturated heterocycles. The normalized spacial score (nSPS) is 15.1. The number of hydrogen-bond acceptors (Lipinski definition) is 3.